The average Bonchev–Trinajstić information content (AvgIpc) is 2.15. The van der Waals surface area contributed by atoms with Crippen molar-refractivity contribution in [2.24, 2.45) is 5.92 Å². The van der Waals surface area contributed by atoms with Gasteiger partial charge in [-0.25, -0.2) is 0 Å². The summed E-state index contributed by atoms with van der Waals surface area (Å²) in [7, 11) is 0. The first-order valence-electron chi connectivity index (χ1n) is 3.36. The maximum absolute atomic E-state index is 10.5. The molecule has 9 heavy (non-hydrogen) atoms. The lowest BCUT2D eigenvalue weighted by Crippen LogP contribution is -2.04. The van der Waals surface area contributed by atoms with Crippen LogP contribution in [0.25, 0.3) is 0 Å². The number of carbonyl (C=O) groups excluding carboxylic acids is 1. The van der Waals surface area contributed by atoms with Crippen LogP contribution in [0, 0.1) is 5.92 Å². The minimum Gasteiger partial charge on any atom is -0.381 e. The number of carbonyl (C=O) groups is 1. The Morgan fingerprint density at radius 1 is 1.78 bits per heavy atom. The van der Waals surface area contributed by atoms with E-state index in [4.69, 9.17) is 4.74 Å². The van der Waals surface area contributed by atoms with Crippen molar-refractivity contribution in [3.8, 4) is 0 Å². The van der Waals surface area contributed by atoms with Crippen molar-refractivity contribution < 1.29 is 9.53 Å². The molecule has 0 aromatic heterocycles. The second-order valence-corrected chi connectivity index (χ2v) is 2.64. The molecule has 2 nitrogen and oxygen atoms in total. The van der Waals surface area contributed by atoms with E-state index in [9.17, 15) is 4.79 Å². The van der Waals surface area contributed by atoms with E-state index >= 15 is 0 Å². The Morgan fingerprint density at radius 3 is 3.00 bits per heavy atom. The molecule has 0 spiro atoms. The highest BCUT2D eigenvalue weighted by Gasteiger charge is 2.16. The van der Waals surface area contributed by atoms with Crippen molar-refractivity contribution >= 4 is 5.78 Å². The SMILES string of the molecule is CC(=O)C[C@@H]1CCOC1. The molecule has 0 aliphatic carbocycles. The van der Waals surface area contributed by atoms with Crippen LogP contribution in [0.1, 0.15) is 19.8 Å². The molecular formula is C7H12O2. The highest BCUT2D eigenvalue weighted by molar-refractivity contribution is 5.75. The minimum absolute atomic E-state index is 0.283. The molecule has 1 rings (SSSR count). The van der Waals surface area contributed by atoms with Crippen LogP contribution < -0.4 is 0 Å². The van der Waals surface area contributed by atoms with E-state index in [1.807, 2.05) is 0 Å². The lowest BCUT2D eigenvalue weighted by Gasteiger charge is -2.00. The van der Waals surface area contributed by atoms with Gasteiger partial charge in [-0.1, -0.05) is 0 Å². The Balaban J connectivity index is 2.19. The Kier molecular flexibility index (Phi) is 2.22. The fourth-order valence-electron chi connectivity index (χ4n) is 1.15. The fraction of sp³-hybridized carbons (Fsp3) is 0.857. The van der Waals surface area contributed by atoms with Crippen LogP contribution in [-0.4, -0.2) is 19.0 Å². The summed E-state index contributed by atoms with van der Waals surface area (Å²) in [5.41, 5.74) is 0. The average molecular weight is 128 g/mol. The maximum Gasteiger partial charge on any atom is 0.130 e. The van der Waals surface area contributed by atoms with Gasteiger partial charge < -0.3 is 9.53 Å². The van der Waals surface area contributed by atoms with Crippen molar-refractivity contribution in [2.75, 3.05) is 13.2 Å². The Bertz CT molecular complexity index is 103. The standard InChI is InChI=1S/C7H12O2/c1-6(8)4-7-2-3-9-5-7/h7H,2-5H2,1H3/t7-/m0/s1. The molecule has 1 heterocycles. The van der Waals surface area contributed by atoms with Crippen molar-refractivity contribution in [1.29, 1.82) is 0 Å². The Labute approximate surface area is 55.2 Å². The number of hydrogen-bond acceptors (Lipinski definition) is 2. The molecule has 0 saturated carbocycles. The highest BCUT2D eigenvalue weighted by Crippen LogP contribution is 2.15. The van der Waals surface area contributed by atoms with Crippen LogP contribution in [0.5, 0.6) is 0 Å². The first kappa shape index (κ1) is 6.75. The fourth-order valence-corrected chi connectivity index (χ4v) is 1.15. The third kappa shape index (κ3) is 2.14. The van der Waals surface area contributed by atoms with E-state index in [-0.39, 0.29) is 5.78 Å². The molecule has 0 amide bonds. The van der Waals surface area contributed by atoms with E-state index < -0.39 is 0 Å². The molecule has 1 atom stereocenters. The van der Waals surface area contributed by atoms with E-state index in [0.717, 1.165) is 19.6 Å². The minimum atomic E-state index is 0.283. The van der Waals surface area contributed by atoms with E-state index in [0.29, 0.717) is 12.3 Å². The summed E-state index contributed by atoms with van der Waals surface area (Å²) >= 11 is 0. The van der Waals surface area contributed by atoms with Crippen LogP contribution >= 0.6 is 0 Å². The van der Waals surface area contributed by atoms with Crippen LogP contribution in [0.4, 0.5) is 0 Å². The molecule has 0 bridgehead atoms. The number of Topliss-reactive ketones (excluding diaryl/α,β-unsaturated/α-hetero) is 1. The summed E-state index contributed by atoms with van der Waals surface area (Å²) < 4.78 is 5.11. The molecule has 0 aromatic rings. The quantitative estimate of drug-likeness (QED) is 0.554. The first-order valence-corrected chi connectivity index (χ1v) is 3.36. The number of ketones is 1. The van der Waals surface area contributed by atoms with E-state index in [2.05, 4.69) is 0 Å². The number of ether oxygens (including phenoxy) is 1. The van der Waals surface area contributed by atoms with Gasteiger partial charge in [0.1, 0.15) is 5.78 Å². The molecule has 1 aliphatic heterocycles. The smallest absolute Gasteiger partial charge is 0.130 e. The molecule has 1 fully saturated rings. The van der Waals surface area contributed by atoms with Gasteiger partial charge in [0.2, 0.25) is 0 Å². The highest BCUT2D eigenvalue weighted by atomic mass is 16.5. The van der Waals surface area contributed by atoms with Crippen molar-refractivity contribution in [3.63, 3.8) is 0 Å². The van der Waals surface area contributed by atoms with Crippen molar-refractivity contribution in [2.45, 2.75) is 19.8 Å². The summed E-state index contributed by atoms with van der Waals surface area (Å²) in [6.45, 7) is 3.27. The topological polar surface area (TPSA) is 26.3 Å². The molecule has 0 aromatic carbocycles. The molecule has 2 heteroatoms. The third-order valence-corrected chi connectivity index (χ3v) is 1.60. The predicted molar refractivity (Wildman–Crippen MR) is 34.2 cm³/mol. The lowest BCUT2D eigenvalue weighted by molar-refractivity contribution is -0.117. The molecule has 0 radical (unpaired) electrons. The summed E-state index contributed by atoms with van der Waals surface area (Å²) in [5, 5.41) is 0. The largest absolute Gasteiger partial charge is 0.381 e. The predicted octanol–water partition coefficient (Wildman–Crippen LogP) is 1.00. The van der Waals surface area contributed by atoms with E-state index in [1.54, 1.807) is 6.92 Å². The molecule has 1 saturated heterocycles. The molecule has 0 N–H and O–H groups in total. The van der Waals surface area contributed by atoms with Gasteiger partial charge in [0, 0.05) is 19.6 Å². The summed E-state index contributed by atoms with van der Waals surface area (Å²) in [6, 6.07) is 0. The zero-order valence-corrected chi connectivity index (χ0v) is 5.72. The molecule has 1 aliphatic rings. The lowest BCUT2D eigenvalue weighted by atomic mass is 10.0. The summed E-state index contributed by atoms with van der Waals surface area (Å²) in [4.78, 5) is 10.5. The van der Waals surface area contributed by atoms with Crippen LogP contribution in [-0.2, 0) is 9.53 Å². The van der Waals surface area contributed by atoms with Gasteiger partial charge in [-0.3, -0.25) is 0 Å². The van der Waals surface area contributed by atoms with E-state index in [1.165, 1.54) is 0 Å². The third-order valence-electron chi connectivity index (χ3n) is 1.60. The van der Waals surface area contributed by atoms with Gasteiger partial charge in [-0.2, -0.15) is 0 Å². The Hall–Kier alpha value is -0.370. The van der Waals surface area contributed by atoms with Gasteiger partial charge in [-0.05, 0) is 19.3 Å². The summed E-state index contributed by atoms with van der Waals surface area (Å²) in [6.07, 6.45) is 1.78. The van der Waals surface area contributed by atoms with Gasteiger partial charge in [0.25, 0.3) is 0 Å². The number of rotatable bonds is 2. The second-order valence-electron chi connectivity index (χ2n) is 2.64. The molecule has 0 unspecified atom stereocenters. The van der Waals surface area contributed by atoms with Gasteiger partial charge in [0.05, 0.1) is 0 Å². The Morgan fingerprint density at radius 2 is 2.56 bits per heavy atom. The molecule has 52 valence electrons. The zero-order chi connectivity index (χ0) is 6.69. The van der Waals surface area contributed by atoms with Crippen LogP contribution in [0.15, 0.2) is 0 Å². The maximum atomic E-state index is 10.5. The van der Waals surface area contributed by atoms with Crippen LogP contribution in [0.3, 0.4) is 0 Å². The monoisotopic (exact) mass is 128 g/mol. The summed E-state index contributed by atoms with van der Waals surface area (Å²) in [5.74, 6) is 0.799. The second kappa shape index (κ2) is 2.97. The van der Waals surface area contributed by atoms with Crippen molar-refractivity contribution in [1.82, 2.24) is 0 Å². The van der Waals surface area contributed by atoms with Gasteiger partial charge in [-0.15, -0.1) is 0 Å². The van der Waals surface area contributed by atoms with Gasteiger partial charge >= 0.3 is 0 Å². The zero-order valence-electron chi connectivity index (χ0n) is 5.72. The van der Waals surface area contributed by atoms with Crippen LogP contribution in [0.2, 0.25) is 0 Å². The first-order chi connectivity index (χ1) is 4.29. The molecular weight excluding hydrogens is 116 g/mol. The number of hydrogen-bond donors (Lipinski definition) is 0. The normalized spacial score (nSPS) is 26.6. The van der Waals surface area contributed by atoms with Crippen molar-refractivity contribution in [3.05, 3.63) is 0 Å². The van der Waals surface area contributed by atoms with Gasteiger partial charge in [0.15, 0.2) is 0 Å².